The molecule has 0 amide bonds. The average Bonchev–Trinajstić information content (AvgIpc) is 2.55. The largest absolute Gasteiger partial charge is 0.497 e. The Bertz CT molecular complexity index is 771. The molecule has 0 spiro atoms. The number of rotatable bonds is 8. The predicted octanol–water partition coefficient (Wildman–Crippen LogP) is 4.04. The van der Waals surface area contributed by atoms with Gasteiger partial charge in [-0.25, -0.2) is 17.5 Å². The minimum atomic E-state index is -3.56. The van der Waals surface area contributed by atoms with Crippen molar-refractivity contribution in [2.75, 3.05) is 7.11 Å². The van der Waals surface area contributed by atoms with Crippen LogP contribution in [0.3, 0.4) is 0 Å². The average molecular weight is 365 g/mol. The van der Waals surface area contributed by atoms with E-state index in [2.05, 4.69) is 4.72 Å². The molecule has 0 aliphatic heterocycles. The first-order chi connectivity index (χ1) is 11.8. The normalized spacial score (nSPS) is 13.0. The van der Waals surface area contributed by atoms with Crippen molar-refractivity contribution in [3.05, 3.63) is 65.5 Å². The van der Waals surface area contributed by atoms with Gasteiger partial charge in [-0.3, -0.25) is 0 Å². The van der Waals surface area contributed by atoms with Crippen molar-refractivity contribution in [2.24, 2.45) is 5.92 Å². The van der Waals surface area contributed by atoms with Crippen molar-refractivity contribution >= 4 is 10.0 Å². The highest BCUT2D eigenvalue weighted by molar-refractivity contribution is 7.88. The van der Waals surface area contributed by atoms with E-state index in [-0.39, 0.29) is 17.6 Å². The van der Waals surface area contributed by atoms with E-state index in [0.717, 1.165) is 11.3 Å². The maximum atomic E-state index is 13.0. The molecule has 136 valence electrons. The summed E-state index contributed by atoms with van der Waals surface area (Å²) >= 11 is 0. The fourth-order valence-corrected chi connectivity index (χ4v) is 4.00. The van der Waals surface area contributed by atoms with Crippen molar-refractivity contribution in [1.29, 1.82) is 0 Å². The predicted molar refractivity (Wildman–Crippen MR) is 97.3 cm³/mol. The highest BCUT2D eigenvalue weighted by Crippen LogP contribution is 2.25. The lowest BCUT2D eigenvalue weighted by atomic mass is 9.98. The van der Waals surface area contributed by atoms with Gasteiger partial charge in [0.05, 0.1) is 12.9 Å². The molecule has 0 bridgehead atoms. The molecule has 0 heterocycles. The Balaban J connectivity index is 2.17. The Hall–Kier alpha value is -1.92. The lowest BCUT2D eigenvalue weighted by Gasteiger charge is -2.21. The molecular weight excluding hydrogens is 341 g/mol. The van der Waals surface area contributed by atoms with Gasteiger partial charge < -0.3 is 4.74 Å². The van der Waals surface area contributed by atoms with Crippen molar-refractivity contribution in [2.45, 2.75) is 32.1 Å². The van der Waals surface area contributed by atoms with Crippen LogP contribution in [-0.2, 0) is 15.8 Å². The number of ether oxygens (including phenoxy) is 1. The minimum Gasteiger partial charge on any atom is -0.497 e. The third-order valence-electron chi connectivity index (χ3n) is 3.82. The summed E-state index contributed by atoms with van der Waals surface area (Å²) in [5, 5.41) is 0. The number of hydrogen-bond acceptors (Lipinski definition) is 3. The SMILES string of the molecule is COc1ccc([C@@H](CC(C)C)NS(=O)(=O)Cc2ccc(F)cc2)cc1. The molecule has 0 aromatic heterocycles. The summed E-state index contributed by atoms with van der Waals surface area (Å²) in [6, 6.07) is 12.5. The maximum absolute atomic E-state index is 13.0. The van der Waals surface area contributed by atoms with Gasteiger partial charge in [0.15, 0.2) is 0 Å². The smallest absolute Gasteiger partial charge is 0.216 e. The zero-order chi connectivity index (χ0) is 18.4. The summed E-state index contributed by atoms with van der Waals surface area (Å²) in [5.74, 6) is 0.477. The Labute approximate surface area is 149 Å². The number of benzene rings is 2. The van der Waals surface area contributed by atoms with Crippen molar-refractivity contribution in [3.8, 4) is 5.75 Å². The summed E-state index contributed by atoms with van der Waals surface area (Å²) in [7, 11) is -1.97. The van der Waals surface area contributed by atoms with E-state index in [0.29, 0.717) is 17.9 Å². The second-order valence-corrected chi connectivity index (χ2v) is 8.21. The Morgan fingerprint density at radius 3 is 2.16 bits per heavy atom. The first kappa shape index (κ1) is 19.4. The zero-order valence-electron chi connectivity index (χ0n) is 14.7. The van der Waals surface area contributed by atoms with E-state index >= 15 is 0 Å². The molecule has 1 atom stereocenters. The molecule has 0 aliphatic carbocycles. The van der Waals surface area contributed by atoms with Gasteiger partial charge in [-0.2, -0.15) is 0 Å². The molecule has 0 saturated heterocycles. The van der Waals surface area contributed by atoms with Crippen LogP contribution in [0, 0.1) is 11.7 Å². The molecule has 1 N–H and O–H groups in total. The molecule has 25 heavy (non-hydrogen) atoms. The number of hydrogen-bond donors (Lipinski definition) is 1. The number of nitrogens with one attached hydrogen (secondary N) is 1. The van der Waals surface area contributed by atoms with Crippen molar-refractivity contribution < 1.29 is 17.5 Å². The third kappa shape index (κ3) is 6.14. The van der Waals surface area contributed by atoms with Crippen LogP contribution in [0.15, 0.2) is 48.5 Å². The third-order valence-corrected chi connectivity index (χ3v) is 5.17. The van der Waals surface area contributed by atoms with Gasteiger partial charge in [0.2, 0.25) is 10.0 Å². The van der Waals surface area contributed by atoms with Crippen LogP contribution in [0.25, 0.3) is 0 Å². The highest BCUT2D eigenvalue weighted by Gasteiger charge is 2.21. The van der Waals surface area contributed by atoms with E-state index in [9.17, 15) is 12.8 Å². The van der Waals surface area contributed by atoms with Gasteiger partial charge in [0, 0.05) is 6.04 Å². The molecular formula is C19H24FNO3S. The van der Waals surface area contributed by atoms with E-state index in [1.54, 1.807) is 7.11 Å². The Morgan fingerprint density at radius 1 is 1.04 bits per heavy atom. The summed E-state index contributed by atoms with van der Waals surface area (Å²) < 4.78 is 46.0. The number of methoxy groups -OCH3 is 1. The molecule has 2 aromatic rings. The monoisotopic (exact) mass is 365 g/mol. The lowest BCUT2D eigenvalue weighted by molar-refractivity contribution is 0.414. The number of sulfonamides is 1. The van der Waals surface area contributed by atoms with Gasteiger partial charge in [-0.15, -0.1) is 0 Å². The fraction of sp³-hybridized carbons (Fsp3) is 0.368. The lowest BCUT2D eigenvalue weighted by Crippen LogP contribution is -2.30. The second-order valence-electron chi connectivity index (χ2n) is 6.46. The van der Waals surface area contributed by atoms with Crippen LogP contribution in [0.2, 0.25) is 0 Å². The molecule has 0 radical (unpaired) electrons. The Morgan fingerprint density at radius 2 is 1.64 bits per heavy atom. The molecule has 0 fully saturated rings. The van der Waals surface area contributed by atoms with E-state index in [4.69, 9.17) is 4.74 Å². The molecule has 0 saturated carbocycles. The highest BCUT2D eigenvalue weighted by atomic mass is 32.2. The van der Waals surface area contributed by atoms with Crippen LogP contribution in [-0.4, -0.2) is 15.5 Å². The summed E-state index contributed by atoms with van der Waals surface area (Å²) in [6.45, 7) is 4.09. The van der Waals surface area contributed by atoms with Crippen LogP contribution < -0.4 is 9.46 Å². The van der Waals surface area contributed by atoms with E-state index < -0.39 is 10.0 Å². The maximum Gasteiger partial charge on any atom is 0.216 e. The zero-order valence-corrected chi connectivity index (χ0v) is 15.5. The van der Waals surface area contributed by atoms with Gasteiger partial charge >= 0.3 is 0 Å². The first-order valence-electron chi connectivity index (χ1n) is 8.17. The summed E-state index contributed by atoms with van der Waals surface area (Å²) in [4.78, 5) is 0. The second kappa shape index (κ2) is 8.45. The van der Waals surface area contributed by atoms with Crippen LogP contribution in [0.4, 0.5) is 4.39 Å². The van der Waals surface area contributed by atoms with Crippen molar-refractivity contribution in [1.82, 2.24) is 4.72 Å². The van der Waals surface area contributed by atoms with Gasteiger partial charge in [-0.05, 0) is 47.7 Å². The van der Waals surface area contributed by atoms with Gasteiger partial charge in [0.1, 0.15) is 11.6 Å². The van der Waals surface area contributed by atoms with E-state index in [1.165, 1.54) is 24.3 Å². The Kier molecular flexibility index (Phi) is 6.56. The fourth-order valence-electron chi connectivity index (χ4n) is 2.62. The summed E-state index contributed by atoms with van der Waals surface area (Å²) in [5.41, 5.74) is 1.43. The molecule has 0 aliphatic rings. The molecule has 4 nitrogen and oxygen atoms in total. The summed E-state index contributed by atoms with van der Waals surface area (Å²) in [6.07, 6.45) is 0.676. The molecule has 6 heteroatoms. The standard InChI is InChI=1S/C19H24FNO3S/c1-14(2)12-19(16-6-10-18(24-3)11-7-16)21-25(22,23)13-15-4-8-17(20)9-5-15/h4-11,14,19,21H,12-13H2,1-3H3/t19-/m1/s1. The van der Waals surface area contributed by atoms with Gasteiger partial charge in [-0.1, -0.05) is 38.1 Å². The van der Waals surface area contributed by atoms with Crippen LogP contribution in [0.5, 0.6) is 5.75 Å². The first-order valence-corrected chi connectivity index (χ1v) is 9.82. The minimum absolute atomic E-state index is 0.183. The van der Waals surface area contributed by atoms with Crippen LogP contribution in [0.1, 0.15) is 37.4 Å². The molecule has 0 unspecified atom stereocenters. The molecule has 2 rings (SSSR count). The van der Waals surface area contributed by atoms with E-state index in [1.807, 2.05) is 38.1 Å². The molecule has 2 aromatic carbocycles. The van der Waals surface area contributed by atoms with Crippen LogP contribution >= 0.6 is 0 Å². The van der Waals surface area contributed by atoms with Gasteiger partial charge in [0.25, 0.3) is 0 Å². The van der Waals surface area contributed by atoms with Crippen molar-refractivity contribution in [3.63, 3.8) is 0 Å². The topological polar surface area (TPSA) is 55.4 Å². The number of halogens is 1. The quantitative estimate of drug-likeness (QED) is 0.768.